The van der Waals surface area contributed by atoms with Gasteiger partial charge in [-0.2, -0.15) is 0 Å². The lowest BCUT2D eigenvalue weighted by Gasteiger charge is -2.28. The van der Waals surface area contributed by atoms with E-state index in [0.717, 1.165) is 0 Å². The molecular formula is C23H26N2O8. The molecule has 1 aliphatic heterocycles. The van der Waals surface area contributed by atoms with Crippen molar-refractivity contribution in [2.75, 3.05) is 33.5 Å². The van der Waals surface area contributed by atoms with E-state index < -0.39 is 28.8 Å². The molecule has 10 heteroatoms. The highest BCUT2D eigenvalue weighted by Gasteiger charge is 2.51. The molecule has 1 fully saturated rings. The normalized spacial score (nSPS) is 16.8. The largest absolute Gasteiger partial charge is 0.497 e. The molecular weight excluding hydrogens is 432 g/mol. The van der Waals surface area contributed by atoms with Crippen molar-refractivity contribution in [1.82, 2.24) is 0 Å². The van der Waals surface area contributed by atoms with E-state index in [4.69, 9.17) is 23.8 Å². The second-order valence-corrected chi connectivity index (χ2v) is 7.36. The third kappa shape index (κ3) is 5.47. The van der Waals surface area contributed by atoms with Gasteiger partial charge in [-0.3, -0.25) is 10.1 Å². The van der Waals surface area contributed by atoms with E-state index in [1.807, 2.05) is 0 Å². The molecule has 1 heterocycles. The molecule has 10 nitrogen and oxygen atoms in total. The Morgan fingerprint density at radius 3 is 2.55 bits per heavy atom. The maximum atomic E-state index is 13.0. The minimum absolute atomic E-state index is 0.00742. The van der Waals surface area contributed by atoms with E-state index in [1.54, 1.807) is 69.5 Å². The number of nitrogens with zero attached hydrogens (tertiary/aromatic N) is 2. The topological polar surface area (TPSA) is 119 Å². The highest BCUT2D eigenvalue weighted by Crippen LogP contribution is 2.35. The summed E-state index contributed by atoms with van der Waals surface area (Å²) in [4.78, 5) is 29.6. The molecule has 0 radical (unpaired) electrons. The summed E-state index contributed by atoms with van der Waals surface area (Å²) in [6, 6.07) is 13.4. The Hall–Kier alpha value is -3.50. The number of methoxy groups -OCH3 is 1. The fourth-order valence-electron chi connectivity index (χ4n) is 3.42. The van der Waals surface area contributed by atoms with E-state index in [0.29, 0.717) is 30.1 Å². The Balaban J connectivity index is 2.01. The zero-order valence-corrected chi connectivity index (χ0v) is 18.7. The lowest BCUT2D eigenvalue weighted by Crippen LogP contribution is -2.45. The minimum Gasteiger partial charge on any atom is -0.497 e. The van der Waals surface area contributed by atoms with Crippen molar-refractivity contribution < 1.29 is 33.5 Å². The molecule has 1 saturated heterocycles. The summed E-state index contributed by atoms with van der Waals surface area (Å²) >= 11 is 0. The third-order valence-corrected chi connectivity index (χ3v) is 5.17. The van der Waals surface area contributed by atoms with Crippen molar-refractivity contribution in [3.05, 3.63) is 75.3 Å². The van der Waals surface area contributed by atoms with Crippen molar-refractivity contribution in [2.24, 2.45) is 5.16 Å². The molecule has 0 unspecified atom stereocenters. The van der Waals surface area contributed by atoms with Gasteiger partial charge in [0.2, 0.25) is 0 Å². The van der Waals surface area contributed by atoms with E-state index in [-0.39, 0.29) is 12.2 Å². The lowest BCUT2D eigenvalue weighted by molar-refractivity contribution is -0.501. The van der Waals surface area contributed by atoms with Crippen LogP contribution in [0.4, 0.5) is 0 Å². The molecule has 0 N–H and O–H groups in total. The van der Waals surface area contributed by atoms with Crippen molar-refractivity contribution >= 4 is 12.2 Å². The highest BCUT2D eigenvalue weighted by atomic mass is 16.7. The van der Waals surface area contributed by atoms with Crippen LogP contribution in [0.3, 0.4) is 0 Å². The van der Waals surface area contributed by atoms with E-state index >= 15 is 0 Å². The number of rotatable bonds is 10. The molecule has 2 aromatic rings. The fourth-order valence-corrected chi connectivity index (χ4v) is 3.42. The molecule has 2 aromatic carbocycles. The van der Waals surface area contributed by atoms with Crippen LogP contribution in [0.1, 0.15) is 30.5 Å². The van der Waals surface area contributed by atoms with Crippen LogP contribution in [-0.2, 0) is 35.2 Å². The molecule has 3 rings (SSSR count). The summed E-state index contributed by atoms with van der Waals surface area (Å²) in [6.07, 6.45) is 1.35. The first kappa shape index (κ1) is 24.1. The Labute approximate surface area is 191 Å². The molecule has 1 atom stereocenters. The van der Waals surface area contributed by atoms with Gasteiger partial charge in [0.25, 0.3) is 6.54 Å². The average Bonchev–Trinajstić information content (AvgIpc) is 3.26. The van der Waals surface area contributed by atoms with Gasteiger partial charge in [0.05, 0.1) is 33.1 Å². The number of benzene rings is 2. The quantitative estimate of drug-likeness (QED) is 0.231. The summed E-state index contributed by atoms with van der Waals surface area (Å²) in [7, 11) is 1.55. The predicted molar refractivity (Wildman–Crippen MR) is 118 cm³/mol. The Bertz CT molecular complexity index is 1000. The lowest BCUT2D eigenvalue weighted by atomic mass is 9.90. The maximum Gasteiger partial charge on any atom is 0.365 e. The Morgan fingerprint density at radius 1 is 1.24 bits per heavy atom. The molecule has 0 amide bonds. The number of hydrogen-bond donors (Lipinski definition) is 0. The van der Waals surface area contributed by atoms with Gasteiger partial charge in [0, 0.05) is 16.1 Å². The standard InChI is InChI=1S/C23H26N2O8/c1-4-30-21(26)23(16-25(27)28,33-24-15-17-8-10-20(29-3)11-9-17)19-7-5-6-18(14-19)22(2)31-12-13-32-22/h5-11,14-15H,4,12-13,16H2,1-3H3/b24-15+/t23-/m1/s1. The van der Waals surface area contributed by atoms with Gasteiger partial charge in [-0.15, -0.1) is 0 Å². The van der Waals surface area contributed by atoms with Crippen LogP contribution in [0.5, 0.6) is 5.75 Å². The first-order chi connectivity index (χ1) is 15.8. The number of esters is 1. The van der Waals surface area contributed by atoms with Crippen LogP contribution >= 0.6 is 0 Å². The summed E-state index contributed by atoms with van der Waals surface area (Å²) < 4.78 is 21.7. The number of nitro groups is 1. The fraction of sp³-hybridized carbons (Fsp3) is 0.391. The van der Waals surface area contributed by atoms with Gasteiger partial charge >= 0.3 is 11.6 Å². The summed E-state index contributed by atoms with van der Waals surface area (Å²) in [5, 5.41) is 15.5. The van der Waals surface area contributed by atoms with Gasteiger partial charge < -0.3 is 23.8 Å². The van der Waals surface area contributed by atoms with Crippen LogP contribution in [0.15, 0.2) is 53.7 Å². The zero-order chi connectivity index (χ0) is 23.9. The van der Waals surface area contributed by atoms with Gasteiger partial charge in [0.1, 0.15) is 5.75 Å². The van der Waals surface area contributed by atoms with Gasteiger partial charge in [-0.1, -0.05) is 23.4 Å². The first-order valence-corrected chi connectivity index (χ1v) is 10.4. The second-order valence-electron chi connectivity index (χ2n) is 7.36. The Kier molecular flexibility index (Phi) is 7.62. The number of oxime groups is 1. The number of ether oxygens (including phenoxy) is 4. The SMILES string of the molecule is CCOC(=O)[C@](C[N+](=O)[O-])(O/N=C/c1ccc(OC)cc1)c1cccc(C2(C)OCCO2)c1. The molecule has 0 aromatic heterocycles. The number of hydrogen-bond acceptors (Lipinski definition) is 9. The monoisotopic (exact) mass is 458 g/mol. The predicted octanol–water partition coefficient (Wildman–Crippen LogP) is 3.00. The molecule has 0 saturated carbocycles. The van der Waals surface area contributed by atoms with Crippen LogP contribution < -0.4 is 4.74 Å². The second kappa shape index (κ2) is 10.4. The van der Waals surface area contributed by atoms with Crippen molar-refractivity contribution in [1.29, 1.82) is 0 Å². The zero-order valence-electron chi connectivity index (χ0n) is 18.7. The average molecular weight is 458 g/mol. The smallest absolute Gasteiger partial charge is 0.365 e. The van der Waals surface area contributed by atoms with E-state index in [9.17, 15) is 14.9 Å². The summed E-state index contributed by atoms with van der Waals surface area (Å²) in [5.41, 5.74) is -0.698. The highest BCUT2D eigenvalue weighted by molar-refractivity contribution is 5.82. The van der Waals surface area contributed by atoms with E-state index in [1.165, 1.54) is 6.21 Å². The molecule has 0 spiro atoms. The van der Waals surface area contributed by atoms with Crippen molar-refractivity contribution in [2.45, 2.75) is 25.2 Å². The van der Waals surface area contributed by atoms with Crippen molar-refractivity contribution in [3.63, 3.8) is 0 Å². The third-order valence-electron chi connectivity index (χ3n) is 5.17. The van der Waals surface area contributed by atoms with Crippen LogP contribution in [0.2, 0.25) is 0 Å². The first-order valence-electron chi connectivity index (χ1n) is 10.4. The Morgan fingerprint density at radius 2 is 1.94 bits per heavy atom. The molecule has 0 aliphatic carbocycles. The van der Waals surface area contributed by atoms with Crippen LogP contribution in [0, 0.1) is 10.1 Å². The van der Waals surface area contributed by atoms with Crippen molar-refractivity contribution in [3.8, 4) is 5.75 Å². The summed E-state index contributed by atoms with van der Waals surface area (Å²) in [6.45, 7) is 3.26. The minimum atomic E-state index is -2.12. The summed E-state index contributed by atoms with van der Waals surface area (Å²) in [5.74, 6) is -1.31. The maximum absolute atomic E-state index is 13.0. The van der Waals surface area contributed by atoms with E-state index in [2.05, 4.69) is 5.16 Å². The number of carbonyl (C=O) groups excluding carboxylic acids is 1. The molecule has 33 heavy (non-hydrogen) atoms. The molecule has 0 bridgehead atoms. The molecule has 176 valence electrons. The van der Waals surface area contributed by atoms with Gasteiger partial charge in [-0.05, 0) is 49.7 Å². The van der Waals surface area contributed by atoms with Gasteiger partial charge in [-0.25, -0.2) is 4.79 Å². The van der Waals surface area contributed by atoms with Crippen LogP contribution in [0.25, 0.3) is 0 Å². The number of carbonyl (C=O) groups is 1. The van der Waals surface area contributed by atoms with Gasteiger partial charge in [0.15, 0.2) is 5.79 Å². The van der Waals surface area contributed by atoms with Crippen LogP contribution in [-0.4, -0.2) is 50.6 Å². The molecule has 1 aliphatic rings.